The van der Waals surface area contributed by atoms with Crippen molar-refractivity contribution in [2.45, 2.75) is 13.3 Å². The van der Waals surface area contributed by atoms with Gasteiger partial charge in [0.05, 0.1) is 11.3 Å². The molecule has 0 radical (unpaired) electrons. The van der Waals surface area contributed by atoms with E-state index in [2.05, 4.69) is 38.2 Å². The monoisotopic (exact) mass is 475 g/mol. The molecule has 0 bridgehead atoms. The molecular weight excluding hydrogens is 456 g/mol. The third-order valence-corrected chi connectivity index (χ3v) is 4.83. The maximum Gasteiger partial charge on any atom is 0.253 e. The summed E-state index contributed by atoms with van der Waals surface area (Å²) in [7, 11) is 0. The van der Waals surface area contributed by atoms with Gasteiger partial charge in [-0.3, -0.25) is 9.78 Å². The Labute approximate surface area is 171 Å². The van der Waals surface area contributed by atoms with Gasteiger partial charge in [0.2, 0.25) is 0 Å². The second kappa shape index (κ2) is 8.94. The maximum atomic E-state index is 14.4. The number of hydrogen-bond acceptors (Lipinski definition) is 3. The van der Waals surface area contributed by atoms with Gasteiger partial charge in [0.15, 0.2) is 0 Å². The summed E-state index contributed by atoms with van der Waals surface area (Å²) >= 11 is 2.23. The zero-order valence-electron chi connectivity index (χ0n) is 14.8. The predicted octanol–water partition coefficient (Wildman–Crippen LogP) is 4.85. The van der Waals surface area contributed by atoms with Crippen LogP contribution in [-0.4, -0.2) is 17.4 Å². The Kier molecular flexibility index (Phi) is 6.39. The van der Waals surface area contributed by atoms with Gasteiger partial charge < -0.3 is 10.6 Å². The number of hydrogen-bond donors (Lipinski definition) is 2. The van der Waals surface area contributed by atoms with Crippen LogP contribution in [0.4, 0.5) is 15.8 Å². The lowest BCUT2D eigenvalue weighted by Crippen LogP contribution is -2.26. The van der Waals surface area contributed by atoms with E-state index in [0.29, 0.717) is 13.0 Å². The summed E-state index contributed by atoms with van der Waals surface area (Å²) in [5, 5.41) is 5.94. The van der Waals surface area contributed by atoms with Crippen LogP contribution in [0, 0.1) is 16.3 Å². The van der Waals surface area contributed by atoms with Crippen molar-refractivity contribution in [1.29, 1.82) is 0 Å². The van der Waals surface area contributed by atoms with Gasteiger partial charge in [0.1, 0.15) is 5.82 Å². The quantitative estimate of drug-likeness (QED) is 0.502. The first-order chi connectivity index (χ1) is 13.0. The molecule has 3 aromatic rings. The number of nitrogens with one attached hydrogen (secondary N) is 2. The molecule has 0 atom stereocenters. The predicted molar refractivity (Wildman–Crippen MR) is 114 cm³/mol. The Hall–Kier alpha value is -2.48. The average Bonchev–Trinajstić information content (AvgIpc) is 2.66. The second-order valence-electron chi connectivity index (χ2n) is 6.11. The molecule has 4 nitrogen and oxygen atoms in total. The molecule has 27 heavy (non-hydrogen) atoms. The lowest BCUT2D eigenvalue weighted by Gasteiger charge is -2.15. The molecule has 0 fully saturated rings. The number of para-hydroxylation sites is 1. The van der Waals surface area contributed by atoms with Gasteiger partial charge >= 0.3 is 0 Å². The van der Waals surface area contributed by atoms with E-state index < -0.39 is 5.82 Å². The molecule has 2 N–H and O–H groups in total. The molecule has 0 saturated carbocycles. The van der Waals surface area contributed by atoms with E-state index in [4.69, 9.17) is 0 Å². The van der Waals surface area contributed by atoms with E-state index in [0.717, 1.165) is 20.4 Å². The molecule has 0 unspecified atom stereocenters. The summed E-state index contributed by atoms with van der Waals surface area (Å²) in [5.41, 5.74) is 3.30. The van der Waals surface area contributed by atoms with Gasteiger partial charge in [-0.25, -0.2) is 4.39 Å². The lowest BCUT2D eigenvalue weighted by molar-refractivity contribution is 0.0954. The zero-order valence-corrected chi connectivity index (χ0v) is 17.0. The molecule has 0 aliphatic rings. The van der Waals surface area contributed by atoms with E-state index in [1.807, 2.05) is 37.3 Å². The highest BCUT2D eigenvalue weighted by Crippen LogP contribution is 2.27. The van der Waals surface area contributed by atoms with Crippen molar-refractivity contribution < 1.29 is 9.18 Å². The number of aromatic nitrogens is 1. The van der Waals surface area contributed by atoms with Crippen LogP contribution in [0.15, 0.2) is 60.9 Å². The molecule has 0 aliphatic heterocycles. The average molecular weight is 475 g/mol. The van der Waals surface area contributed by atoms with Gasteiger partial charge in [-0.05, 0) is 89.5 Å². The van der Waals surface area contributed by atoms with Gasteiger partial charge in [-0.1, -0.05) is 6.07 Å². The number of benzene rings is 2. The third kappa shape index (κ3) is 5.03. The number of amides is 1. The van der Waals surface area contributed by atoms with E-state index in [1.165, 1.54) is 6.07 Å². The number of rotatable bonds is 6. The minimum absolute atomic E-state index is 0.184. The van der Waals surface area contributed by atoms with Crippen molar-refractivity contribution in [3.8, 4) is 0 Å². The molecule has 3 rings (SSSR count). The van der Waals surface area contributed by atoms with Crippen LogP contribution in [0.1, 0.15) is 21.5 Å². The molecule has 6 heteroatoms. The fraction of sp³-hybridized carbons (Fsp3) is 0.143. The van der Waals surface area contributed by atoms with Crippen LogP contribution < -0.4 is 10.6 Å². The highest BCUT2D eigenvalue weighted by atomic mass is 127. The summed E-state index contributed by atoms with van der Waals surface area (Å²) < 4.78 is 15.5. The minimum atomic E-state index is -0.463. The fourth-order valence-electron chi connectivity index (χ4n) is 2.71. The topological polar surface area (TPSA) is 54.0 Å². The number of pyridine rings is 1. The highest BCUT2D eigenvalue weighted by molar-refractivity contribution is 14.1. The third-order valence-electron chi connectivity index (χ3n) is 4.15. The molecule has 1 amide bonds. The highest BCUT2D eigenvalue weighted by Gasteiger charge is 2.16. The van der Waals surface area contributed by atoms with Crippen molar-refractivity contribution in [2.75, 3.05) is 11.9 Å². The smallest absolute Gasteiger partial charge is 0.253 e. The van der Waals surface area contributed by atoms with Crippen LogP contribution in [-0.2, 0) is 6.42 Å². The molecule has 0 saturated heterocycles. The SMILES string of the molecule is Cc1cc(I)ccc1Nc1c(F)cccc1C(=O)NCCc1ccncc1. The summed E-state index contributed by atoms with van der Waals surface area (Å²) in [6, 6.07) is 14.1. The van der Waals surface area contributed by atoms with Crippen molar-refractivity contribution in [3.63, 3.8) is 0 Å². The van der Waals surface area contributed by atoms with Crippen LogP contribution in [0.2, 0.25) is 0 Å². The Morgan fingerprint density at radius 2 is 1.93 bits per heavy atom. The van der Waals surface area contributed by atoms with Gasteiger partial charge in [-0.2, -0.15) is 0 Å². The summed E-state index contributed by atoms with van der Waals surface area (Å²) in [6.45, 7) is 2.40. The normalized spacial score (nSPS) is 10.5. The number of carbonyl (C=O) groups excluding carboxylic acids is 1. The number of nitrogens with zero attached hydrogens (tertiary/aromatic N) is 1. The van der Waals surface area contributed by atoms with Crippen molar-refractivity contribution in [1.82, 2.24) is 10.3 Å². The number of aryl methyl sites for hydroxylation is 1. The molecule has 138 valence electrons. The van der Waals surface area contributed by atoms with E-state index in [1.54, 1.807) is 24.5 Å². The number of halogens is 2. The van der Waals surface area contributed by atoms with Crippen LogP contribution in [0.3, 0.4) is 0 Å². The molecular formula is C21H19FIN3O. The summed E-state index contributed by atoms with van der Waals surface area (Å²) in [5.74, 6) is -0.774. The molecule has 0 spiro atoms. The van der Waals surface area contributed by atoms with Crippen LogP contribution in [0.5, 0.6) is 0 Å². The first kappa shape index (κ1) is 19.3. The van der Waals surface area contributed by atoms with Crippen LogP contribution in [0.25, 0.3) is 0 Å². The largest absolute Gasteiger partial charge is 0.352 e. The Morgan fingerprint density at radius 1 is 1.15 bits per heavy atom. The van der Waals surface area contributed by atoms with E-state index in [9.17, 15) is 9.18 Å². The van der Waals surface area contributed by atoms with Crippen molar-refractivity contribution >= 4 is 39.9 Å². The second-order valence-corrected chi connectivity index (χ2v) is 7.35. The molecule has 2 aromatic carbocycles. The Balaban J connectivity index is 1.75. The minimum Gasteiger partial charge on any atom is -0.352 e. The molecule has 1 aromatic heterocycles. The molecule has 1 heterocycles. The van der Waals surface area contributed by atoms with Crippen molar-refractivity contribution in [3.05, 3.63) is 87.0 Å². The standard InChI is InChI=1S/C21H19FIN3O/c1-14-13-16(23)5-6-19(14)26-20-17(3-2-4-18(20)22)21(27)25-12-9-15-7-10-24-11-8-15/h2-8,10-11,13,26H,9,12H2,1H3,(H,25,27). The van der Waals surface area contributed by atoms with E-state index in [-0.39, 0.29) is 17.2 Å². The van der Waals surface area contributed by atoms with Gasteiger partial charge in [0, 0.05) is 28.2 Å². The maximum absolute atomic E-state index is 14.4. The van der Waals surface area contributed by atoms with Crippen LogP contribution >= 0.6 is 22.6 Å². The number of carbonyl (C=O) groups is 1. The van der Waals surface area contributed by atoms with Crippen molar-refractivity contribution in [2.24, 2.45) is 0 Å². The fourth-order valence-corrected chi connectivity index (χ4v) is 3.35. The Morgan fingerprint density at radius 3 is 2.67 bits per heavy atom. The summed E-state index contributed by atoms with van der Waals surface area (Å²) in [4.78, 5) is 16.6. The van der Waals surface area contributed by atoms with Gasteiger partial charge in [-0.15, -0.1) is 0 Å². The zero-order chi connectivity index (χ0) is 19.2. The number of anilines is 2. The van der Waals surface area contributed by atoms with E-state index >= 15 is 0 Å². The lowest BCUT2D eigenvalue weighted by atomic mass is 10.1. The summed E-state index contributed by atoms with van der Waals surface area (Å²) in [6.07, 6.45) is 4.12. The van der Waals surface area contributed by atoms with Gasteiger partial charge in [0.25, 0.3) is 5.91 Å². The first-order valence-electron chi connectivity index (χ1n) is 8.53. The molecule has 0 aliphatic carbocycles. The first-order valence-corrected chi connectivity index (χ1v) is 9.61. The Bertz CT molecular complexity index is 947.